The van der Waals surface area contributed by atoms with Gasteiger partial charge in [0, 0.05) is 51.9 Å². The average molecular weight is 537 g/mol. The lowest BCUT2D eigenvalue weighted by molar-refractivity contribution is -0.116. The van der Waals surface area contributed by atoms with Crippen molar-refractivity contribution in [1.29, 1.82) is 0 Å². The van der Waals surface area contributed by atoms with Crippen LogP contribution in [0.4, 0.5) is 5.69 Å². The molecular weight excluding hydrogens is 505 g/mol. The third-order valence-electron chi connectivity index (χ3n) is 4.47. The number of carbonyl (C=O) groups is 2. The van der Waals surface area contributed by atoms with Crippen LogP contribution in [-0.2, 0) is 17.9 Å². The number of nitrogens with zero attached hydrogens (tertiary/aromatic N) is 2. The van der Waals surface area contributed by atoms with Crippen molar-refractivity contribution in [2.24, 2.45) is 4.99 Å². The number of anilines is 1. The summed E-state index contributed by atoms with van der Waals surface area (Å²) in [7, 11) is 5.20. The van der Waals surface area contributed by atoms with Gasteiger partial charge in [-0.05, 0) is 41.8 Å². The first kappa shape index (κ1) is 26.4. The number of carbonyl (C=O) groups excluding carboxylic acids is 2. The van der Waals surface area contributed by atoms with Crippen molar-refractivity contribution in [3.63, 3.8) is 0 Å². The number of halogens is 1. The van der Waals surface area contributed by atoms with Crippen LogP contribution in [0.25, 0.3) is 0 Å². The zero-order valence-electron chi connectivity index (χ0n) is 18.6. The van der Waals surface area contributed by atoms with Crippen LogP contribution in [0.2, 0.25) is 0 Å². The molecule has 2 amide bonds. The van der Waals surface area contributed by atoms with Crippen molar-refractivity contribution in [2.75, 3.05) is 26.5 Å². The standard InChI is InChI=1S/C23H31N5O2.HI/c1-5-6-21(29)27-20-13-9-18(10-14-20)16-26-23(24-2)25-15-17-7-11-19(12-8-17)22(30)28(3)4;/h7-14H,5-6,15-16H2,1-4H3,(H,27,29)(H2,24,25,26);1H. The number of guanidine groups is 1. The quantitative estimate of drug-likeness (QED) is 0.273. The third kappa shape index (κ3) is 8.95. The van der Waals surface area contributed by atoms with Gasteiger partial charge >= 0.3 is 0 Å². The Morgan fingerprint density at radius 1 is 0.903 bits per heavy atom. The SMILES string of the molecule is CCCC(=O)Nc1ccc(CNC(=NC)NCc2ccc(C(=O)N(C)C)cc2)cc1.I. The Hall–Kier alpha value is -2.62. The van der Waals surface area contributed by atoms with E-state index in [4.69, 9.17) is 0 Å². The second kappa shape index (κ2) is 13.6. The van der Waals surface area contributed by atoms with Crippen LogP contribution in [0.5, 0.6) is 0 Å². The summed E-state index contributed by atoms with van der Waals surface area (Å²) in [6, 6.07) is 15.3. The molecule has 2 aromatic carbocycles. The summed E-state index contributed by atoms with van der Waals surface area (Å²) in [5.41, 5.74) is 3.61. The Balaban J connectivity index is 0.00000480. The normalized spacial score (nSPS) is 10.6. The molecule has 0 aromatic heterocycles. The van der Waals surface area contributed by atoms with E-state index in [9.17, 15) is 9.59 Å². The van der Waals surface area contributed by atoms with Crippen LogP contribution < -0.4 is 16.0 Å². The molecule has 31 heavy (non-hydrogen) atoms. The van der Waals surface area contributed by atoms with Crippen molar-refractivity contribution in [2.45, 2.75) is 32.9 Å². The molecule has 8 heteroatoms. The van der Waals surface area contributed by atoms with Gasteiger partial charge in [0.05, 0.1) is 0 Å². The number of rotatable bonds is 8. The van der Waals surface area contributed by atoms with E-state index in [-0.39, 0.29) is 35.8 Å². The lowest BCUT2D eigenvalue weighted by Crippen LogP contribution is -2.36. The highest BCUT2D eigenvalue weighted by molar-refractivity contribution is 14.0. The molecule has 0 saturated carbocycles. The van der Waals surface area contributed by atoms with Crippen LogP contribution >= 0.6 is 24.0 Å². The van der Waals surface area contributed by atoms with Gasteiger partial charge < -0.3 is 20.9 Å². The third-order valence-corrected chi connectivity index (χ3v) is 4.47. The minimum atomic E-state index is -0.0112. The van der Waals surface area contributed by atoms with Crippen LogP contribution in [0.1, 0.15) is 41.3 Å². The summed E-state index contributed by atoms with van der Waals surface area (Å²) < 4.78 is 0. The molecule has 0 radical (unpaired) electrons. The number of hydrogen-bond acceptors (Lipinski definition) is 3. The molecule has 3 N–H and O–H groups in total. The maximum Gasteiger partial charge on any atom is 0.253 e. The predicted octanol–water partition coefficient (Wildman–Crippen LogP) is 3.61. The highest BCUT2D eigenvalue weighted by Gasteiger charge is 2.07. The number of aliphatic imine (C=N–C) groups is 1. The molecule has 0 spiro atoms. The van der Waals surface area contributed by atoms with Crippen LogP contribution in [-0.4, -0.2) is 43.8 Å². The Morgan fingerprint density at radius 3 is 1.87 bits per heavy atom. The Bertz CT molecular complexity index is 865. The van der Waals surface area contributed by atoms with E-state index in [1.54, 1.807) is 26.0 Å². The van der Waals surface area contributed by atoms with Crippen molar-refractivity contribution in [1.82, 2.24) is 15.5 Å². The molecule has 2 aromatic rings. The monoisotopic (exact) mass is 537 g/mol. The second-order valence-corrected chi connectivity index (χ2v) is 7.17. The highest BCUT2D eigenvalue weighted by atomic mass is 127. The zero-order chi connectivity index (χ0) is 21.9. The summed E-state index contributed by atoms with van der Waals surface area (Å²) in [6.07, 6.45) is 1.36. The molecule has 0 unspecified atom stereocenters. The molecule has 0 bridgehead atoms. The average Bonchev–Trinajstić information content (AvgIpc) is 2.75. The lowest BCUT2D eigenvalue weighted by Gasteiger charge is -2.13. The minimum absolute atomic E-state index is 0. The maximum atomic E-state index is 12.0. The van der Waals surface area contributed by atoms with Gasteiger partial charge in [0.1, 0.15) is 0 Å². The summed E-state index contributed by atoms with van der Waals surface area (Å²) in [6.45, 7) is 3.19. The Labute approximate surface area is 201 Å². The van der Waals surface area contributed by atoms with Gasteiger partial charge in [0.2, 0.25) is 5.91 Å². The van der Waals surface area contributed by atoms with Gasteiger partial charge in [0.15, 0.2) is 5.96 Å². The van der Waals surface area contributed by atoms with E-state index in [1.807, 2.05) is 55.5 Å². The van der Waals surface area contributed by atoms with Crippen LogP contribution in [0, 0.1) is 0 Å². The summed E-state index contributed by atoms with van der Waals surface area (Å²) in [5, 5.41) is 9.42. The topological polar surface area (TPSA) is 85.8 Å². The lowest BCUT2D eigenvalue weighted by atomic mass is 10.1. The molecule has 0 fully saturated rings. The van der Waals surface area contributed by atoms with Gasteiger partial charge in [0.25, 0.3) is 5.91 Å². The molecule has 2 rings (SSSR count). The van der Waals surface area contributed by atoms with Crippen molar-refractivity contribution >= 4 is 47.4 Å². The predicted molar refractivity (Wildman–Crippen MR) is 137 cm³/mol. The fraction of sp³-hybridized carbons (Fsp3) is 0.348. The summed E-state index contributed by atoms with van der Waals surface area (Å²) in [5.74, 6) is 0.707. The number of hydrogen-bond donors (Lipinski definition) is 3. The molecule has 0 atom stereocenters. The number of benzene rings is 2. The molecule has 7 nitrogen and oxygen atoms in total. The molecular formula is C23H32IN5O2. The Morgan fingerprint density at radius 2 is 1.42 bits per heavy atom. The molecule has 0 heterocycles. The van der Waals surface area contributed by atoms with Crippen molar-refractivity contribution in [3.05, 3.63) is 65.2 Å². The second-order valence-electron chi connectivity index (χ2n) is 7.17. The van der Waals surface area contributed by atoms with Crippen molar-refractivity contribution < 1.29 is 9.59 Å². The first-order valence-corrected chi connectivity index (χ1v) is 10.1. The fourth-order valence-corrected chi connectivity index (χ4v) is 2.77. The molecule has 0 aliphatic carbocycles. The zero-order valence-corrected chi connectivity index (χ0v) is 20.9. The first-order chi connectivity index (χ1) is 14.4. The van der Waals surface area contributed by atoms with E-state index in [2.05, 4.69) is 20.9 Å². The first-order valence-electron chi connectivity index (χ1n) is 10.1. The van der Waals surface area contributed by atoms with E-state index in [1.165, 1.54) is 0 Å². The Kier molecular flexibility index (Phi) is 11.6. The molecule has 0 saturated heterocycles. The summed E-state index contributed by atoms with van der Waals surface area (Å²) in [4.78, 5) is 29.4. The minimum Gasteiger partial charge on any atom is -0.352 e. The summed E-state index contributed by atoms with van der Waals surface area (Å²) >= 11 is 0. The molecule has 0 aliphatic heterocycles. The van der Waals surface area contributed by atoms with Crippen LogP contribution in [0.15, 0.2) is 53.5 Å². The van der Waals surface area contributed by atoms with Crippen molar-refractivity contribution in [3.8, 4) is 0 Å². The van der Waals surface area contributed by atoms with E-state index >= 15 is 0 Å². The van der Waals surface area contributed by atoms with Gasteiger partial charge in [-0.3, -0.25) is 14.6 Å². The fourth-order valence-electron chi connectivity index (χ4n) is 2.77. The van der Waals surface area contributed by atoms with Crippen LogP contribution in [0.3, 0.4) is 0 Å². The molecule has 0 aliphatic rings. The molecule has 168 valence electrons. The van der Waals surface area contributed by atoms with E-state index in [0.717, 1.165) is 23.2 Å². The van der Waals surface area contributed by atoms with E-state index < -0.39 is 0 Å². The van der Waals surface area contributed by atoms with Gasteiger partial charge in [-0.2, -0.15) is 0 Å². The largest absolute Gasteiger partial charge is 0.352 e. The van der Waals surface area contributed by atoms with Gasteiger partial charge in [-0.25, -0.2) is 0 Å². The van der Waals surface area contributed by atoms with E-state index in [0.29, 0.717) is 31.0 Å². The number of nitrogens with one attached hydrogen (secondary N) is 3. The highest BCUT2D eigenvalue weighted by Crippen LogP contribution is 2.10. The van der Waals surface area contributed by atoms with Gasteiger partial charge in [-0.1, -0.05) is 31.2 Å². The maximum absolute atomic E-state index is 12.0. The smallest absolute Gasteiger partial charge is 0.253 e. The van der Waals surface area contributed by atoms with Gasteiger partial charge in [-0.15, -0.1) is 24.0 Å². The number of amides is 2.